The van der Waals surface area contributed by atoms with Crippen LogP contribution in [0.5, 0.6) is 5.75 Å². The molecule has 0 amide bonds. The second-order valence-corrected chi connectivity index (χ2v) is 7.10. The fourth-order valence-electron chi connectivity index (χ4n) is 3.87. The lowest BCUT2D eigenvalue weighted by molar-refractivity contribution is 0.337. The quantitative estimate of drug-likeness (QED) is 0.703. The van der Waals surface area contributed by atoms with Crippen molar-refractivity contribution in [2.24, 2.45) is 5.92 Å². The molecule has 2 aromatic carbocycles. The van der Waals surface area contributed by atoms with Gasteiger partial charge < -0.3 is 10.1 Å². The van der Waals surface area contributed by atoms with Crippen LogP contribution < -0.4 is 10.1 Å². The number of fused-ring (bicyclic) bond motifs is 3. The molecular weight excluding hydrogens is 350 g/mol. The minimum Gasteiger partial charge on any atom is -0.492 e. The molecule has 1 aliphatic heterocycles. The highest BCUT2D eigenvalue weighted by Gasteiger charge is 2.38. The van der Waals surface area contributed by atoms with Gasteiger partial charge in [0.05, 0.1) is 18.3 Å². The average molecular weight is 370 g/mol. The highest BCUT2D eigenvalue weighted by molar-refractivity contribution is 9.10. The van der Waals surface area contributed by atoms with E-state index >= 15 is 0 Å². The van der Waals surface area contributed by atoms with Gasteiger partial charge in [-0.1, -0.05) is 52.3 Å². The number of hydrogen-bond donors (Lipinski definition) is 1. The molecule has 23 heavy (non-hydrogen) atoms. The highest BCUT2D eigenvalue weighted by Crippen LogP contribution is 2.52. The van der Waals surface area contributed by atoms with Crippen LogP contribution in [0.15, 0.2) is 59.1 Å². The third kappa shape index (κ3) is 2.57. The number of rotatable bonds is 3. The summed E-state index contributed by atoms with van der Waals surface area (Å²) >= 11 is 3.53. The predicted molar refractivity (Wildman–Crippen MR) is 98.1 cm³/mol. The van der Waals surface area contributed by atoms with Crippen LogP contribution in [0.1, 0.15) is 36.4 Å². The zero-order valence-corrected chi connectivity index (χ0v) is 14.7. The van der Waals surface area contributed by atoms with E-state index in [1.807, 2.05) is 6.92 Å². The maximum absolute atomic E-state index is 5.86. The molecule has 1 heterocycles. The zero-order valence-electron chi connectivity index (χ0n) is 13.1. The largest absolute Gasteiger partial charge is 0.492 e. The molecule has 0 saturated heterocycles. The Morgan fingerprint density at radius 3 is 2.78 bits per heavy atom. The molecular formula is C20H20BrNO. The van der Waals surface area contributed by atoms with Crippen molar-refractivity contribution in [3.8, 4) is 5.75 Å². The number of halogens is 1. The molecule has 1 N–H and O–H groups in total. The van der Waals surface area contributed by atoms with Crippen molar-refractivity contribution in [1.29, 1.82) is 0 Å². The summed E-state index contributed by atoms with van der Waals surface area (Å²) in [5.41, 5.74) is 3.86. The van der Waals surface area contributed by atoms with Crippen LogP contribution in [0.3, 0.4) is 0 Å². The smallest absolute Gasteiger partial charge is 0.142 e. The molecule has 0 spiro atoms. The summed E-state index contributed by atoms with van der Waals surface area (Å²) in [5.74, 6) is 2.01. The maximum Gasteiger partial charge on any atom is 0.142 e. The van der Waals surface area contributed by atoms with Crippen molar-refractivity contribution in [1.82, 2.24) is 0 Å². The van der Waals surface area contributed by atoms with Gasteiger partial charge in [0.1, 0.15) is 5.75 Å². The first-order valence-corrected chi connectivity index (χ1v) is 9.01. The number of ether oxygens (including phenoxy) is 1. The van der Waals surface area contributed by atoms with Crippen LogP contribution in [0.25, 0.3) is 0 Å². The van der Waals surface area contributed by atoms with Crippen molar-refractivity contribution >= 4 is 21.6 Å². The standard InChI is InChI=1S/C20H20BrNO/c1-2-23-18-8-4-7-17-15-5-3-6-16(15)19(22-20(17)18)13-9-11-14(21)12-10-13/h3-5,7-12,15-16,19,22H,2,6H2,1H3/t15-,16+,19+/m1/s1. The molecule has 4 rings (SSSR count). The Morgan fingerprint density at radius 1 is 1.17 bits per heavy atom. The molecule has 0 saturated carbocycles. The normalized spacial score (nSPS) is 24.7. The van der Waals surface area contributed by atoms with Gasteiger partial charge in [-0.05, 0) is 48.6 Å². The van der Waals surface area contributed by atoms with Crippen LogP contribution in [0.2, 0.25) is 0 Å². The summed E-state index contributed by atoms with van der Waals surface area (Å²) < 4.78 is 6.98. The number of anilines is 1. The monoisotopic (exact) mass is 369 g/mol. The van der Waals surface area contributed by atoms with Crippen molar-refractivity contribution in [3.05, 3.63) is 70.2 Å². The Labute approximate surface area is 145 Å². The molecule has 1 aliphatic carbocycles. The Hall–Kier alpha value is -1.74. The van der Waals surface area contributed by atoms with Crippen LogP contribution in [-0.2, 0) is 0 Å². The molecule has 3 heteroatoms. The summed E-state index contributed by atoms with van der Waals surface area (Å²) in [6.45, 7) is 2.72. The van der Waals surface area contributed by atoms with Crippen LogP contribution in [0.4, 0.5) is 5.69 Å². The summed E-state index contributed by atoms with van der Waals surface area (Å²) in [7, 11) is 0. The van der Waals surface area contributed by atoms with Gasteiger partial charge in [0.2, 0.25) is 0 Å². The van der Waals surface area contributed by atoms with Crippen molar-refractivity contribution in [3.63, 3.8) is 0 Å². The summed E-state index contributed by atoms with van der Waals surface area (Å²) in [5, 5.41) is 3.78. The fourth-order valence-corrected chi connectivity index (χ4v) is 4.13. The van der Waals surface area contributed by atoms with E-state index in [9.17, 15) is 0 Å². The van der Waals surface area contributed by atoms with E-state index in [2.05, 4.69) is 75.9 Å². The van der Waals surface area contributed by atoms with Gasteiger partial charge in [-0.2, -0.15) is 0 Å². The van der Waals surface area contributed by atoms with E-state index in [1.165, 1.54) is 11.1 Å². The van der Waals surface area contributed by atoms with Gasteiger partial charge in [-0.15, -0.1) is 0 Å². The Kier molecular flexibility index (Phi) is 3.90. The second-order valence-electron chi connectivity index (χ2n) is 6.18. The number of para-hydroxylation sites is 1. The van der Waals surface area contributed by atoms with Crippen molar-refractivity contribution in [2.45, 2.75) is 25.3 Å². The van der Waals surface area contributed by atoms with E-state index in [-0.39, 0.29) is 0 Å². The molecule has 0 bridgehead atoms. The molecule has 2 nitrogen and oxygen atoms in total. The molecule has 0 fully saturated rings. The first kappa shape index (κ1) is 14.8. The van der Waals surface area contributed by atoms with E-state index in [0.29, 0.717) is 24.5 Å². The lowest BCUT2D eigenvalue weighted by Crippen LogP contribution is -2.29. The third-order valence-electron chi connectivity index (χ3n) is 4.89. The number of nitrogens with one attached hydrogen (secondary N) is 1. The van der Waals surface area contributed by atoms with Gasteiger partial charge >= 0.3 is 0 Å². The average Bonchev–Trinajstić information content (AvgIpc) is 3.05. The predicted octanol–water partition coefficient (Wildman–Crippen LogP) is 5.67. The first-order valence-electron chi connectivity index (χ1n) is 8.22. The van der Waals surface area contributed by atoms with Crippen LogP contribution in [-0.4, -0.2) is 6.61 Å². The maximum atomic E-state index is 5.86. The van der Waals surface area contributed by atoms with Gasteiger partial charge in [0.15, 0.2) is 0 Å². The summed E-state index contributed by atoms with van der Waals surface area (Å²) in [6.07, 6.45) is 5.81. The first-order chi connectivity index (χ1) is 11.3. The van der Waals surface area contributed by atoms with E-state index in [1.54, 1.807) is 0 Å². The van der Waals surface area contributed by atoms with Gasteiger partial charge in [0.25, 0.3) is 0 Å². The van der Waals surface area contributed by atoms with E-state index < -0.39 is 0 Å². The Balaban J connectivity index is 1.78. The minimum atomic E-state index is 0.317. The number of allylic oxidation sites excluding steroid dienone is 2. The molecule has 2 aliphatic rings. The molecule has 0 aromatic heterocycles. The lowest BCUT2D eigenvalue weighted by Gasteiger charge is -2.38. The molecule has 3 atom stereocenters. The highest BCUT2D eigenvalue weighted by atomic mass is 79.9. The van der Waals surface area contributed by atoms with Gasteiger partial charge in [0, 0.05) is 10.4 Å². The molecule has 2 aromatic rings. The van der Waals surface area contributed by atoms with Gasteiger partial charge in [-0.3, -0.25) is 0 Å². The summed E-state index contributed by atoms with van der Waals surface area (Å²) in [6, 6.07) is 15.4. The fraction of sp³-hybridized carbons (Fsp3) is 0.300. The van der Waals surface area contributed by atoms with Crippen LogP contribution in [0, 0.1) is 5.92 Å². The Bertz CT molecular complexity index is 738. The zero-order chi connectivity index (χ0) is 15.8. The van der Waals surface area contributed by atoms with Crippen molar-refractivity contribution in [2.75, 3.05) is 11.9 Å². The minimum absolute atomic E-state index is 0.317. The molecule has 118 valence electrons. The summed E-state index contributed by atoms with van der Waals surface area (Å²) in [4.78, 5) is 0. The van der Waals surface area contributed by atoms with E-state index in [0.717, 1.165) is 22.3 Å². The van der Waals surface area contributed by atoms with Crippen molar-refractivity contribution < 1.29 is 4.74 Å². The SMILES string of the molecule is CCOc1cccc2c1N[C@@H](c1ccc(Br)cc1)[C@H]1CC=C[C@@H]21. The Morgan fingerprint density at radius 2 is 2.00 bits per heavy atom. The molecule has 0 radical (unpaired) electrons. The molecule has 0 unspecified atom stereocenters. The lowest BCUT2D eigenvalue weighted by atomic mass is 9.77. The topological polar surface area (TPSA) is 21.3 Å². The van der Waals surface area contributed by atoms with Gasteiger partial charge in [-0.25, -0.2) is 0 Å². The third-order valence-corrected chi connectivity index (χ3v) is 5.42. The number of hydrogen-bond acceptors (Lipinski definition) is 2. The second kappa shape index (κ2) is 6.04. The van der Waals surface area contributed by atoms with E-state index in [4.69, 9.17) is 4.74 Å². The van der Waals surface area contributed by atoms with Crippen LogP contribution >= 0.6 is 15.9 Å². The number of benzene rings is 2.